The molecule has 40 heavy (non-hydrogen) atoms. The van der Waals surface area contributed by atoms with Gasteiger partial charge in [-0.2, -0.15) is 0 Å². The molecule has 0 bridgehead atoms. The molecule has 2 aromatic rings. The Morgan fingerprint density at radius 1 is 1.00 bits per heavy atom. The lowest BCUT2D eigenvalue weighted by Gasteiger charge is -2.54. The second kappa shape index (κ2) is 9.26. The van der Waals surface area contributed by atoms with Crippen LogP contribution in [-0.4, -0.2) is 35.6 Å². The second-order valence-corrected chi connectivity index (χ2v) is 12.4. The Labute approximate surface area is 241 Å². The zero-order chi connectivity index (χ0) is 28.7. The third kappa shape index (κ3) is 3.47. The molecule has 7 nitrogen and oxygen atoms in total. The number of phenols is 1. The van der Waals surface area contributed by atoms with Crippen LogP contribution in [0.3, 0.4) is 0 Å². The molecule has 0 radical (unpaired) electrons. The smallest absolute Gasteiger partial charge is 0.238 e. The Kier molecular flexibility index (Phi) is 6.18. The van der Waals surface area contributed by atoms with Crippen molar-refractivity contribution in [2.75, 3.05) is 12.0 Å². The van der Waals surface area contributed by atoms with Crippen LogP contribution in [-0.2, 0) is 19.2 Å². The van der Waals surface area contributed by atoms with E-state index >= 15 is 0 Å². The first-order chi connectivity index (χ1) is 19.0. The van der Waals surface area contributed by atoms with Crippen LogP contribution in [0.2, 0.25) is 0 Å². The number of methoxy groups -OCH3 is 1. The van der Waals surface area contributed by atoms with Gasteiger partial charge in [-0.1, -0.05) is 36.8 Å². The molecule has 0 spiro atoms. The lowest BCUT2D eigenvalue weighted by molar-refractivity contribution is -0.142. The van der Waals surface area contributed by atoms with Crippen LogP contribution in [0.25, 0.3) is 0 Å². The number of anilines is 1. The molecule has 206 valence electrons. The van der Waals surface area contributed by atoms with Crippen molar-refractivity contribution in [3.05, 3.63) is 75.3 Å². The minimum Gasteiger partial charge on any atom is -0.503 e. The molecule has 4 aliphatic rings. The summed E-state index contributed by atoms with van der Waals surface area (Å²) in [6.07, 6.45) is 2.70. The second-order valence-electron chi connectivity index (χ2n) is 11.5. The first-order valence-corrected chi connectivity index (χ1v) is 14.3. The number of halogens is 1. The standard InChI is InChI=1S/C32H30BrNO6/c1-15-16(2)29(37)32(3)22(27(15)35)14-21-19(26(32)17-12-23(33)28(36)24(13-17)40-4)10-11-20-25(21)31(39)34(30(20)38)18-8-6-5-7-9-18/h5-10,12-13,20-22,25-26,36H,11,14H2,1-4H3/t20-,21+,22-,25-,26-,32+/m0/s1. The normalized spacial score (nSPS) is 31.6. The summed E-state index contributed by atoms with van der Waals surface area (Å²) in [5.41, 5.74) is 1.93. The van der Waals surface area contributed by atoms with E-state index in [9.17, 15) is 24.3 Å². The zero-order valence-electron chi connectivity index (χ0n) is 22.7. The molecular formula is C32H30BrNO6. The number of imide groups is 1. The van der Waals surface area contributed by atoms with Gasteiger partial charge in [0.05, 0.1) is 34.5 Å². The number of carbonyl (C=O) groups excluding carboxylic acids is 4. The highest BCUT2D eigenvalue weighted by Gasteiger charge is 2.64. The number of para-hydroxylation sites is 1. The fourth-order valence-electron chi connectivity index (χ4n) is 7.71. The van der Waals surface area contributed by atoms with Gasteiger partial charge in [-0.3, -0.25) is 24.1 Å². The number of phenolic OH excluding ortho intramolecular Hbond substituents is 1. The molecule has 6 rings (SSSR count). The number of benzene rings is 2. The highest BCUT2D eigenvalue weighted by Crippen LogP contribution is 2.63. The molecule has 2 fully saturated rings. The van der Waals surface area contributed by atoms with E-state index in [1.807, 2.05) is 19.1 Å². The molecule has 2 aromatic carbocycles. The van der Waals surface area contributed by atoms with E-state index in [1.54, 1.807) is 50.2 Å². The topological polar surface area (TPSA) is 101 Å². The number of ketones is 2. The van der Waals surface area contributed by atoms with Gasteiger partial charge >= 0.3 is 0 Å². The number of aromatic hydroxyl groups is 1. The number of ether oxygens (including phenoxy) is 1. The summed E-state index contributed by atoms with van der Waals surface area (Å²) in [7, 11) is 1.45. The molecule has 3 aliphatic carbocycles. The van der Waals surface area contributed by atoms with Crippen LogP contribution < -0.4 is 9.64 Å². The lowest BCUT2D eigenvalue weighted by Crippen LogP contribution is -2.55. The van der Waals surface area contributed by atoms with Crippen molar-refractivity contribution < 1.29 is 29.0 Å². The van der Waals surface area contributed by atoms with Gasteiger partial charge in [0.2, 0.25) is 11.8 Å². The summed E-state index contributed by atoms with van der Waals surface area (Å²) in [4.78, 5) is 56.9. The Bertz CT molecular complexity index is 1560. The summed E-state index contributed by atoms with van der Waals surface area (Å²) in [6.45, 7) is 5.25. The monoisotopic (exact) mass is 603 g/mol. The van der Waals surface area contributed by atoms with E-state index in [4.69, 9.17) is 4.74 Å². The van der Waals surface area contributed by atoms with E-state index in [-0.39, 0.29) is 34.9 Å². The van der Waals surface area contributed by atoms with Crippen molar-refractivity contribution in [3.8, 4) is 11.5 Å². The number of rotatable bonds is 3. The summed E-state index contributed by atoms with van der Waals surface area (Å²) in [6, 6.07) is 12.4. The molecule has 1 N–H and O–H groups in total. The van der Waals surface area contributed by atoms with Crippen LogP contribution in [0.15, 0.2) is 69.7 Å². The minimum atomic E-state index is -1.11. The molecule has 2 amide bonds. The third-order valence-electron chi connectivity index (χ3n) is 9.79. The van der Waals surface area contributed by atoms with Gasteiger partial charge in [-0.15, -0.1) is 0 Å². The molecule has 0 unspecified atom stereocenters. The van der Waals surface area contributed by atoms with Gasteiger partial charge < -0.3 is 9.84 Å². The molecule has 1 heterocycles. The van der Waals surface area contributed by atoms with Gasteiger partial charge in [0.1, 0.15) is 0 Å². The first-order valence-electron chi connectivity index (χ1n) is 13.5. The molecule has 6 atom stereocenters. The highest BCUT2D eigenvalue weighted by molar-refractivity contribution is 9.10. The van der Waals surface area contributed by atoms with Crippen molar-refractivity contribution in [2.24, 2.45) is 29.1 Å². The number of hydrogen-bond donors (Lipinski definition) is 1. The maximum Gasteiger partial charge on any atom is 0.238 e. The van der Waals surface area contributed by atoms with Crippen LogP contribution >= 0.6 is 15.9 Å². The van der Waals surface area contributed by atoms with Crippen LogP contribution in [0.5, 0.6) is 11.5 Å². The predicted octanol–water partition coefficient (Wildman–Crippen LogP) is 5.51. The van der Waals surface area contributed by atoms with Crippen LogP contribution in [0.1, 0.15) is 45.1 Å². The summed E-state index contributed by atoms with van der Waals surface area (Å²) >= 11 is 3.43. The third-order valence-corrected chi connectivity index (χ3v) is 10.4. The van der Waals surface area contributed by atoms with Gasteiger partial charge in [-0.25, -0.2) is 0 Å². The number of allylic oxidation sites excluding steroid dienone is 4. The fourth-order valence-corrected chi connectivity index (χ4v) is 8.17. The molecule has 8 heteroatoms. The van der Waals surface area contributed by atoms with Gasteiger partial charge in [0.25, 0.3) is 0 Å². The van der Waals surface area contributed by atoms with Gasteiger partial charge in [0, 0.05) is 11.8 Å². The van der Waals surface area contributed by atoms with Gasteiger partial charge in [0.15, 0.2) is 23.1 Å². The SMILES string of the molecule is COc1cc([C@H]2C3=CC[C@@H]4C(=O)N(c5ccccc5)C(=O)[C@@H]4[C@@H]3C[C@H]3C(=O)C(C)=C(C)C(=O)[C@@]23C)cc(Br)c1O. The fraction of sp³-hybridized carbons (Fsp3) is 0.375. The Hall–Kier alpha value is -3.52. The summed E-state index contributed by atoms with van der Waals surface area (Å²) in [5, 5.41) is 10.5. The Morgan fingerprint density at radius 3 is 2.38 bits per heavy atom. The lowest BCUT2D eigenvalue weighted by atomic mass is 9.46. The molecule has 1 saturated heterocycles. The maximum absolute atomic E-state index is 14.1. The van der Waals surface area contributed by atoms with Crippen molar-refractivity contribution in [3.63, 3.8) is 0 Å². The number of carbonyl (C=O) groups is 4. The molecule has 1 saturated carbocycles. The quantitative estimate of drug-likeness (QED) is 0.366. The zero-order valence-corrected chi connectivity index (χ0v) is 24.3. The largest absolute Gasteiger partial charge is 0.503 e. The predicted molar refractivity (Wildman–Crippen MR) is 152 cm³/mol. The van der Waals surface area contributed by atoms with Gasteiger partial charge in [-0.05, 0) is 89.5 Å². The van der Waals surface area contributed by atoms with E-state index in [0.717, 1.165) is 5.57 Å². The number of hydrogen-bond acceptors (Lipinski definition) is 6. The average molecular weight is 604 g/mol. The van der Waals surface area contributed by atoms with Crippen LogP contribution in [0, 0.1) is 29.1 Å². The average Bonchev–Trinajstić information content (AvgIpc) is 3.21. The summed E-state index contributed by atoms with van der Waals surface area (Å²) in [5.74, 6) is -3.28. The van der Waals surface area contributed by atoms with E-state index in [1.165, 1.54) is 12.0 Å². The number of nitrogens with zero attached hydrogens (tertiary/aromatic N) is 1. The van der Waals surface area contributed by atoms with Crippen molar-refractivity contribution in [1.29, 1.82) is 0 Å². The maximum atomic E-state index is 14.1. The van der Waals surface area contributed by atoms with Crippen molar-refractivity contribution in [1.82, 2.24) is 0 Å². The minimum absolute atomic E-state index is 0.0639. The Balaban J connectivity index is 1.55. The Morgan fingerprint density at radius 2 is 1.70 bits per heavy atom. The van der Waals surface area contributed by atoms with E-state index in [2.05, 4.69) is 15.9 Å². The number of Topliss-reactive ketones (excluding diaryl/α,β-unsaturated/α-hetero) is 2. The molecular weight excluding hydrogens is 574 g/mol. The molecule has 1 aliphatic heterocycles. The number of amides is 2. The van der Waals surface area contributed by atoms with Crippen molar-refractivity contribution >= 4 is 45.0 Å². The van der Waals surface area contributed by atoms with Crippen LogP contribution in [0.4, 0.5) is 5.69 Å². The highest BCUT2D eigenvalue weighted by atomic mass is 79.9. The van der Waals surface area contributed by atoms with E-state index < -0.39 is 35.0 Å². The van der Waals surface area contributed by atoms with E-state index in [0.29, 0.717) is 39.7 Å². The van der Waals surface area contributed by atoms with Crippen molar-refractivity contribution in [2.45, 2.75) is 39.5 Å². The molecule has 0 aromatic heterocycles. The summed E-state index contributed by atoms with van der Waals surface area (Å²) < 4.78 is 5.85. The number of fused-ring (bicyclic) bond motifs is 4. The first kappa shape index (κ1) is 26.7.